The number of carboxylic acid groups (broad SMARTS) is 1. The number of Topliss-reactive ketones (excluding diaryl/α,β-unsaturated/α-hetero) is 1. The van der Waals surface area contributed by atoms with Crippen LogP contribution >= 0.6 is 0 Å². The molecule has 88 valence electrons. The van der Waals surface area contributed by atoms with E-state index in [9.17, 15) is 9.59 Å². The molecule has 0 saturated carbocycles. The van der Waals surface area contributed by atoms with Crippen LogP contribution in [0.2, 0.25) is 0 Å². The summed E-state index contributed by atoms with van der Waals surface area (Å²) >= 11 is 0. The molecule has 0 unspecified atom stereocenters. The summed E-state index contributed by atoms with van der Waals surface area (Å²) in [7, 11) is 0. The fraction of sp³-hybridized carbons (Fsp3) is 0.500. The summed E-state index contributed by atoms with van der Waals surface area (Å²) in [6.45, 7) is 7.72. The van der Waals surface area contributed by atoms with Crippen molar-refractivity contribution in [2.45, 2.75) is 40.7 Å². The summed E-state index contributed by atoms with van der Waals surface area (Å²) in [6.07, 6.45) is 0.909. The van der Waals surface area contributed by atoms with Crippen molar-refractivity contribution < 1.29 is 14.7 Å². The number of aromatic carboxylic acids is 1. The average Bonchev–Trinajstić information content (AvgIpc) is 2.42. The highest BCUT2D eigenvalue weighted by Crippen LogP contribution is 2.23. The normalized spacial score (nSPS) is 10.5. The van der Waals surface area contributed by atoms with E-state index in [-0.39, 0.29) is 11.3 Å². The molecule has 0 aromatic carbocycles. The van der Waals surface area contributed by atoms with E-state index >= 15 is 0 Å². The van der Waals surface area contributed by atoms with Crippen LogP contribution in [0.3, 0.4) is 0 Å². The molecule has 0 spiro atoms. The number of nitrogens with zero attached hydrogens (tertiary/aromatic N) is 1. The van der Waals surface area contributed by atoms with Gasteiger partial charge in [0.15, 0.2) is 5.78 Å². The van der Waals surface area contributed by atoms with Gasteiger partial charge in [0.2, 0.25) is 0 Å². The SMILES string of the molecule is CCCn1c(C)c(C(C)=O)c(C(=O)O)c1C. The molecule has 0 aliphatic heterocycles. The maximum absolute atomic E-state index is 11.5. The van der Waals surface area contributed by atoms with Crippen molar-refractivity contribution in [3.05, 3.63) is 22.5 Å². The van der Waals surface area contributed by atoms with Gasteiger partial charge in [-0.25, -0.2) is 4.79 Å². The van der Waals surface area contributed by atoms with Gasteiger partial charge in [-0.1, -0.05) is 6.92 Å². The zero-order valence-electron chi connectivity index (χ0n) is 10.1. The Morgan fingerprint density at radius 2 is 1.69 bits per heavy atom. The summed E-state index contributed by atoms with van der Waals surface area (Å²) in [6, 6.07) is 0. The van der Waals surface area contributed by atoms with E-state index in [0.717, 1.165) is 18.7 Å². The minimum absolute atomic E-state index is 0.151. The minimum atomic E-state index is -1.03. The first-order valence-corrected chi connectivity index (χ1v) is 5.35. The number of carbonyl (C=O) groups is 2. The third kappa shape index (κ3) is 1.87. The lowest BCUT2D eigenvalue weighted by molar-refractivity contribution is 0.0691. The van der Waals surface area contributed by atoms with Crippen LogP contribution in [0.4, 0.5) is 0 Å². The molecule has 0 bridgehead atoms. The molecule has 0 radical (unpaired) electrons. The van der Waals surface area contributed by atoms with E-state index in [1.54, 1.807) is 13.8 Å². The second-order valence-corrected chi connectivity index (χ2v) is 3.93. The largest absolute Gasteiger partial charge is 0.478 e. The zero-order chi connectivity index (χ0) is 12.5. The fourth-order valence-corrected chi connectivity index (χ4v) is 2.13. The van der Waals surface area contributed by atoms with Crippen LogP contribution in [0.1, 0.15) is 52.4 Å². The first kappa shape index (κ1) is 12.5. The second kappa shape index (κ2) is 4.51. The van der Waals surface area contributed by atoms with Gasteiger partial charge >= 0.3 is 5.97 Å². The van der Waals surface area contributed by atoms with Crippen LogP contribution in [-0.2, 0) is 6.54 Å². The van der Waals surface area contributed by atoms with Crippen LogP contribution in [0.25, 0.3) is 0 Å². The number of hydrogen-bond acceptors (Lipinski definition) is 2. The molecule has 0 fully saturated rings. The Hall–Kier alpha value is -1.58. The van der Waals surface area contributed by atoms with E-state index in [1.165, 1.54) is 6.92 Å². The number of hydrogen-bond donors (Lipinski definition) is 1. The first-order valence-electron chi connectivity index (χ1n) is 5.35. The van der Waals surface area contributed by atoms with Crippen LogP contribution in [0.15, 0.2) is 0 Å². The summed E-state index contributed by atoms with van der Waals surface area (Å²) in [4.78, 5) is 22.6. The van der Waals surface area contributed by atoms with Crippen LogP contribution in [0.5, 0.6) is 0 Å². The van der Waals surface area contributed by atoms with E-state index in [0.29, 0.717) is 11.3 Å². The summed E-state index contributed by atoms with van der Waals surface area (Å²) in [5, 5.41) is 9.14. The number of rotatable bonds is 4. The van der Waals surface area contributed by atoms with Gasteiger partial charge in [-0.05, 0) is 27.2 Å². The van der Waals surface area contributed by atoms with Gasteiger partial charge < -0.3 is 9.67 Å². The topological polar surface area (TPSA) is 59.3 Å². The van der Waals surface area contributed by atoms with E-state index < -0.39 is 5.97 Å². The van der Waals surface area contributed by atoms with E-state index in [4.69, 9.17) is 5.11 Å². The Bertz CT molecular complexity index is 406. The molecular weight excluding hydrogens is 206 g/mol. The maximum Gasteiger partial charge on any atom is 0.338 e. The standard InChI is InChI=1S/C12H17NO3/c1-5-6-13-7(2)10(9(4)14)11(8(13)3)12(15)16/h5-6H2,1-4H3,(H,15,16). The molecule has 0 atom stereocenters. The Morgan fingerprint density at radius 1 is 1.19 bits per heavy atom. The van der Waals surface area contributed by atoms with Gasteiger partial charge in [0.1, 0.15) is 0 Å². The molecule has 0 amide bonds. The summed E-state index contributed by atoms with van der Waals surface area (Å²) in [5.74, 6) is -1.21. The molecule has 0 aliphatic rings. The number of carboxylic acids is 1. The van der Waals surface area contributed by atoms with Crippen LogP contribution < -0.4 is 0 Å². The van der Waals surface area contributed by atoms with Crippen LogP contribution in [-0.4, -0.2) is 21.4 Å². The third-order valence-electron chi connectivity index (χ3n) is 2.80. The van der Waals surface area contributed by atoms with Crippen molar-refractivity contribution >= 4 is 11.8 Å². The average molecular weight is 223 g/mol. The monoisotopic (exact) mass is 223 g/mol. The highest BCUT2D eigenvalue weighted by atomic mass is 16.4. The Balaban J connectivity index is 3.52. The van der Waals surface area contributed by atoms with Gasteiger partial charge in [0, 0.05) is 17.9 Å². The molecular formula is C12H17NO3. The molecule has 4 nitrogen and oxygen atoms in total. The Labute approximate surface area is 94.9 Å². The lowest BCUT2D eigenvalue weighted by Gasteiger charge is -2.06. The van der Waals surface area contributed by atoms with Crippen molar-refractivity contribution in [2.24, 2.45) is 0 Å². The second-order valence-electron chi connectivity index (χ2n) is 3.93. The molecule has 1 rings (SSSR count). The van der Waals surface area contributed by atoms with Crippen molar-refractivity contribution in [2.75, 3.05) is 0 Å². The van der Waals surface area contributed by atoms with Gasteiger partial charge in [-0.2, -0.15) is 0 Å². The molecule has 1 N–H and O–H groups in total. The maximum atomic E-state index is 11.5. The van der Waals surface area contributed by atoms with Gasteiger partial charge in [0.05, 0.1) is 11.1 Å². The smallest absolute Gasteiger partial charge is 0.338 e. The predicted octanol–water partition coefficient (Wildman–Crippen LogP) is 2.42. The number of ketones is 1. The Kier molecular flexibility index (Phi) is 3.52. The molecule has 0 saturated heterocycles. The summed E-state index contributed by atoms with van der Waals surface area (Å²) in [5.41, 5.74) is 1.92. The minimum Gasteiger partial charge on any atom is -0.478 e. The predicted molar refractivity (Wildman–Crippen MR) is 61.2 cm³/mol. The van der Waals surface area contributed by atoms with Gasteiger partial charge in [-0.15, -0.1) is 0 Å². The van der Waals surface area contributed by atoms with Crippen molar-refractivity contribution in [1.29, 1.82) is 0 Å². The van der Waals surface area contributed by atoms with Crippen LogP contribution in [0, 0.1) is 13.8 Å². The highest BCUT2D eigenvalue weighted by molar-refractivity contribution is 6.06. The molecule has 1 aromatic heterocycles. The van der Waals surface area contributed by atoms with Gasteiger partial charge in [-0.3, -0.25) is 4.79 Å². The molecule has 16 heavy (non-hydrogen) atoms. The van der Waals surface area contributed by atoms with Gasteiger partial charge in [0.25, 0.3) is 0 Å². The highest BCUT2D eigenvalue weighted by Gasteiger charge is 2.24. The Morgan fingerprint density at radius 3 is 2.00 bits per heavy atom. The fourth-order valence-electron chi connectivity index (χ4n) is 2.13. The number of aromatic nitrogens is 1. The van der Waals surface area contributed by atoms with E-state index in [1.807, 2.05) is 11.5 Å². The van der Waals surface area contributed by atoms with Crippen molar-refractivity contribution in [1.82, 2.24) is 4.57 Å². The van der Waals surface area contributed by atoms with Crippen molar-refractivity contribution in [3.8, 4) is 0 Å². The van der Waals surface area contributed by atoms with E-state index in [2.05, 4.69) is 0 Å². The molecule has 1 aromatic rings. The summed E-state index contributed by atoms with van der Waals surface area (Å²) < 4.78 is 1.90. The molecule has 0 aliphatic carbocycles. The lowest BCUT2D eigenvalue weighted by Crippen LogP contribution is -2.05. The zero-order valence-corrected chi connectivity index (χ0v) is 10.1. The lowest BCUT2D eigenvalue weighted by atomic mass is 10.1. The van der Waals surface area contributed by atoms with Crippen molar-refractivity contribution in [3.63, 3.8) is 0 Å². The third-order valence-corrected chi connectivity index (χ3v) is 2.80. The first-order chi connectivity index (χ1) is 7.41. The number of carbonyl (C=O) groups excluding carboxylic acids is 1. The quantitative estimate of drug-likeness (QED) is 0.797. The molecule has 1 heterocycles. The molecule has 4 heteroatoms.